The number of hydrogen-bond acceptors (Lipinski definition) is 2. The van der Waals surface area contributed by atoms with Crippen LogP contribution in [-0.2, 0) is 6.42 Å². The quantitative estimate of drug-likeness (QED) is 0.770. The molecule has 2 heteroatoms. The van der Waals surface area contributed by atoms with Crippen molar-refractivity contribution < 1.29 is 0 Å². The number of benzene rings is 1. The van der Waals surface area contributed by atoms with Gasteiger partial charge in [0.05, 0.1) is 10.2 Å². The Hall–Kier alpha value is -1.41. The van der Waals surface area contributed by atoms with E-state index in [0.29, 0.717) is 0 Å². The van der Waals surface area contributed by atoms with Crippen molar-refractivity contribution in [2.75, 3.05) is 0 Å². The molecule has 17 heavy (non-hydrogen) atoms. The molecule has 2 aromatic rings. The molecule has 0 bridgehead atoms. The van der Waals surface area contributed by atoms with E-state index in [1.54, 1.807) is 11.3 Å². The van der Waals surface area contributed by atoms with Crippen molar-refractivity contribution in [3.8, 4) is 0 Å². The van der Waals surface area contributed by atoms with Crippen molar-refractivity contribution in [1.82, 2.24) is 4.98 Å². The number of rotatable bonds is 2. The second kappa shape index (κ2) is 4.46. The fraction of sp³-hybridized carbons (Fsp3) is 0.133. The zero-order valence-corrected chi connectivity index (χ0v) is 10.3. The van der Waals surface area contributed by atoms with Crippen LogP contribution in [0.25, 0.3) is 15.8 Å². The second-order valence-corrected chi connectivity index (χ2v) is 4.88. The first kappa shape index (κ1) is 10.7. The molecule has 0 saturated carbocycles. The van der Waals surface area contributed by atoms with E-state index in [0.717, 1.165) is 22.5 Å². The van der Waals surface area contributed by atoms with Crippen LogP contribution in [0.15, 0.2) is 36.4 Å². The molecular formula is C15H11NS. The number of para-hydroxylation sites is 1. The van der Waals surface area contributed by atoms with Crippen molar-refractivity contribution in [2.45, 2.75) is 13.3 Å². The summed E-state index contributed by atoms with van der Waals surface area (Å²) < 4.78 is 1.25. The van der Waals surface area contributed by atoms with E-state index in [9.17, 15) is 0 Å². The fourth-order valence-corrected chi connectivity index (χ4v) is 2.88. The van der Waals surface area contributed by atoms with Gasteiger partial charge in [-0.1, -0.05) is 37.3 Å². The Bertz CT molecular complexity index is 604. The van der Waals surface area contributed by atoms with Crippen LogP contribution in [0.2, 0.25) is 0 Å². The molecule has 1 aliphatic carbocycles. The molecule has 0 fully saturated rings. The van der Waals surface area contributed by atoms with Gasteiger partial charge in [-0.3, -0.25) is 0 Å². The minimum atomic E-state index is 1.02. The molecule has 4 radical (unpaired) electrons. The third-order valence-electron chi connectivity index (χ3n) is 2.76. The summed E-state index contributed by atoms with van der Waals surface area (Å²) in [5, 5.41) is 1.03. The van der Waals surface area contributed by atoms with Crippen molar-refractivity contribution >= 4 is 27.1 Å². The van der Waals surface area contributed by atoms with Gasteiger partial charge in [-0.05, 0) is 23.6 Å². The van der Waals surface area contributed by atoms with Crippen LogP contribution in [-0.4, -0.2) is 4.98 Å². The lowest BCUT2D eigenvalue weighted by atomic mass is 10.1. The highest BCUT2D eigenvalue weighted by atomic mass is 32.1. The van der Waals surface area contributed by atoms with Gasteiger partial charge in [-0.15, -0.1) is 11.3 Å². The maximum absolute atomic E-state index is 4.72. The Kier molecular flexibility index (Phi) is 2.81. The van der Waals surface area contributed by atoms with Gasteiger partial charge in [0, 0.05) is 12.8 Å². The van der Waals surface area contributed by atoms with Gasteiger partial charge in [0.2, 0.25) is 0 Å². The average Bonchev–Trinajstić information content (AvgIpc) is 2.83. The van der Waals surface area contributed by atoms with Crippen molar-refractivity contribution in [1.29, 1.82) is 0 Å². The molecule has 0 aliphatic heterocycles. The summed E-state index contributed by atoms with van der Waals surface area (Å²) in [6.07, 6.45) is 13.0. The van der Waals surface area contributed by atoms with Crippen LogP contribution in [0.5, 0.6) is 0 Å². The lowest BCUT2D eigenvalue weighted by Gasteiger charge is -2.02. The number of allylic oxidation sites excluding steroid dienone is 4. The van der Waals surface area contributed by atoms with Crippen LogP contribution in [0.3, 0.4) is 0 Å². The van der Waals surface area contributed by atoms with Gasteiger partial charge in [0.1, 0.15) is 5.01 Å². The summed E-state index contributed by atoms with van der Waals surface area (Å²) in [5.74, 6) is 0. The van der Waals surface area contributed by atoms with Gasteiger partial charge < -0.3 is 0 Å². The highest BCUT2D eigenvalue weighted by Gasteiger charge is 2.11. The van der Waals surface area contributed by atoms with E-state index in [1.807, 2.05) is 18.2 Å². The Morgan fingerprint density at radius 2 is 2.29 bits per heavy atom. The number of thiazole rings is 1. The zero-order valence-electron chi connectivity index (χ0n) is 9.53. The molecule has 0 spiro atoms. The van der Waals surface area contributed by atoms with Gasteiger partial charge in [-0.25, -0.2) is 4.98 Å². The van der Waals surface area contributed by atoms with E-state index in [2.05, 4.69) is 38.0 Å². The van der Waals surface area contributed by atoms with Crippen LogP contribution in [0, 0.1) is 12.8 Å². The fourth-order valence-electron chi connectivity index (χ4n) is 1.88. The zero-order chi connectivity index (χ0) is 11.7. The molecule has 1 heterocycles. The van der Waals surface area contributed by atoms with E-state index in [4.69, 9.17) is 4.98 Å². The summed E-state index contributed by atoms with van der Waals surface area (Å²) >= 11 is 1.72. The van der Waals surface area contributed by atoms with Gasteiger partial charge >= 0.3 is 0 Å². The minimum Gasteiger partial charge on any atom is -0.236 e. The molecule has 0 saturated heterocycles. The number of hydrogen-bond donors (Lipinski definition) is 0. The highest BCUT2D eigenvalue weighted by molar-refractivity contribution is 7.19. The second-order valence-electron chi connectivity index (χ2n) is 3.85. The molecule has 0 atom stereocenters. The van der Waals surface area contributed by atoms with Crippen LogP contribution < -0.4 is 0 Å². The topological polar surface area (TPSA) is 12.9 Å². The van der Waals surface area contributed by atoms with Gasteiger partial charge in [0.15, 0.2) is 0 Å². The Morgan fingerprint density at radius 3 is 3.06 bits per heavy atom. The average molecular weight is 237 g/mol. The Labute approximate surface area is 106 Å². The molecule has 0 N–H and O–H groups in total. The third kappa shape index (κ3) is 1.93. The monoisotopic (exact) mass is 237 g/mol. The molecular weight excluding hydrogens is 226 g/mol. The molecule has 1 aromatic heterocycles. The predicted molar refractivity (Wildman–Crippen MR) is 72.6 cm³/mol. The summed E-state index contributed by atoms with van der Waals surface area (Å²) in [7, 11) is 0. The van der Waals surface area contributed by atoms with Crippen molar-refractivity contribution in [3.05, 3.63) is 59.8 Å². The molecule has 3 rings (SSSR count). The smallest absolute Gasteiger partial charge is 0.121 e. The van der Waals surface area contributed by atoms with Crippen LogP contribution in [0.1, 0.15) is 17.5 Å². The van der Waals surface area contributed by atoms with E-state index in [1.165, 1.54) is 10.3 Å². The number of nitrogens with zero attached hydrogens (tertiary/aromatic N) is 1. The number of aromatic nitrogens is 1. The SMILES string of the molecule is CCc1cccc2sc(C3=CC=C[C][C]3)nc12. The highest BCUT2D eigenvalue weighted by Crippen LogP contribution is 2.31. The number of fused-ring (bicyclic) bond motifs is 1. The normalized spacial score (nSPS) is 15.2. The van der Waals surface area contributed by atoms with E-state index >= 15 is 0 Å². The predicted octanol–water partition coefficient (Wildman–Crippen LogP) is 3.97. The van der Waals surface area contributed by atoms with Crippen molar-refractivity contribution in [2.24, 2.45) is 0 Å². The Balaban J connectivity index is 2.13. The molecule has 1 aromatic carbocycles. The molecule has 0 amide bonds. The lowest BCUT2D eigenvalue weighted by Crippen LogP contribution is -1.88. The van der Waals surface area contributed by atoms with E-state index in [-0.39, 0.29) is 0 Å². The van der Waals surface area contributed by atoms with Crippen molar-refractivity contribution in [3.63, 3.8) is 0 Å². The van der Waals surface area contributed by atoms with Gasteiger partial charge in [-0.2, -0.15) is 0 Å². The number of aryl methyl sites for hydroxylation is 1. The maximum Gasteiger partial charge on any atom is 0.121 e. The maximum atomic E-state index is 4.72. The van der Waals surface area contributed by atoms with Crippen LogP contribution in [0.4, 0.5) is 0 Å². The minimum absolute atomic E-state index is 1.02. The van der Waals surface area contributed by atoms with Crippen LogP contribution >= 0.6 is 11.3 Å². The molecule has 82 valence electrons. The third-order valence-corrected chi connectivity index (χ3v) is 3.82. The summed E-state index contributed by atoms with van der Waals surface area (Å²) in [6, 6.07) is 6.37. The first-order valence-corrected chi connectivity index (χ1v) is 6.47. The Morgan fingerprint density at radius 1 is 1.35 bits per heavy atom. The lowest BCUT2D eigenvalue weighted by molar-refractivity contribution is 1.15. The molecule has 0 unspecified atom stereocenters. The van der Waals surface area contributed by atoms with E-state index < -0.39 is 0 Å². The first-order valence-electron chi connectivity index (χ1n) is 5.65. The summed E-state index contributed by atoms with van der Waals surface area (Å²) in [6.45, 7) is 2.16. The summed E-state index contributed by atoms with van der Waals surface area (Å²) in [4.78, 5) is 4.72. The largest absolute Gasteiger partial charge is 0.236 e. The molecule has 1 aliphatic rings. The van der Waals surface area contributed by atoms with Gasteiger partial charge in [0.25, 0.3) is 0 Å². The molecule has 1 nitrogen and oxygen atoms in total. The summed E-state index contributed by atoms with van der Waals surface area (Å²) in [5.41, 5.74) is 3.47. The first-order chi connectivity index (χ1) is 8.38. The standard InChI is InChI=1S/C15H11NS/c1-2-11-9-6-10-13-14(11)16-15(17-13)12-7-4-3-5-8-12/h3-4,6-7,9-10H,2H2,1H3.